The molecule has 0 fully saturated rings. The molecule has 3 nitrogen and oxygen atoms in total. The molecule has 33 heavy (non-hydrogen) atoms. The van der Waals surface area contributed by atoms with Crippen molar-refractivity contribution in [2.24, 2.45) is 4.99 Å². The van der Waals surface area contributed by atoms with Gasteiger partial charge in [-0.25, -0.2) is 4.99 Å². The zero-order valence-electron chi connectivity index (χ0n) is 18.0. The Hall–Kier alpha value is -4.37. The number of hydrogen-bond donors (Lipinski definition) is 0. The highest BCUT2D eigenvalue weighted by molar-refractivity contribution is 6.15. The van der Waals surface area contributed by atoms with Gasteiger partial charge in [-0.1, -0.05) is 91.0 Å². The van der Waals surface area contributed by atoms with E-state index >= 15 is 0 Å². The van der Waals surface area contributed by atoms with Crippen LogP contribution < -0.4 is 0 Å². The van der Waals surface area contributed by atoms with Crippen LogP contribution in [-0.4, -0.2) is 22.0 Å². The monoisotopic (exact) mass is 423 g/mol. The first-order valence-electron chi connectivity index (χ1n) is 11.3. The molecule has 0 bridgehead atoms. The smallest absolute Gasteiger partial charge is 0.215 e. The predicted molar refractivity (Wildman–Crippen MR) is 138 cm³/mol. The minimum atomic E-state index is 0.785. The van der Waals surface area contributed by atoms with E-state index in [0.29, 0.717) is 0 Å². The molecule has 0 atom stereocenters. The van der Waals surface area contributed by atoms with E-state index in [2.05, 4.69) is 119 Å². The Labute approximate surface area is 191 Å². The molecule has 0 aliphatic carbocycles. The lowest BCUT2D eigenvalue weighted by Gasteiger charge is -2.34. The molecule has 4 aromatic carbocycles. The molecular formula is C30H21N3. The van der Waals surface area contributed by atoms with Crippen LogP contribution in [0.5, 0.6) is 0 Å². The molecule has 0 saturated carbocycles. The second-order valence-corrected chi connectivity index (χ2v) is 8.46. The van der Waals surface area contributed by atoms with Gasteiger partial charge in [0.15, 0.2) is 0 Å². The van der Waals surface area contributed by atoms with E-state index in [1.165, 1.54) is 43.8 Å². The molecule has 3 heteroatoms. The Kier molecular flexibility index (Phi) is 3.91. The fraction of sp³-hybridized carbons (Fsp3) is 0.0333. The number of hydrogen-bond acceptors (Lipinski definition) is 2. The van der Waals surface area contributed by atoms with Crippen molar-refractivity contribution in [2.75, 3.05) is 6.54 Å². The second kappa shape index (κ2) is 7.07. The maximum atomic E-state index is 5.09. The zero-order valence-corrected chi connectivity index (χ0v) is 18.0. The van der Waals surface area contributed by atoms with Gasteiger partial charge in [0, 0.05) is 29.1 Å². The average Bonchev–Trinajstić information content (AvgIpc) is 3.22. The standard InChI is InChI=1S/C30H21N3/c1-2-12-22-21(10-1)11-9-15-23(22)26-20-31-30(32-19-8-7-16-27(26)32)33-28-17-5-3-13-24(28)25-14-4-6-18-29(25)33/h1-18,20H,19H2. The molecule has 0 radical (unpaired) electrons. The number of allylic oxidation sites excluding steroid dienone is 3. The number of para-hydroxylation sites is 2. The van der Waals surface area contributed by atoms with Gasteiger partial charge in [0.1, 0.15) is 0 Å². The van der Waals surface area contributed by atoms with Gasteiger partial charge in [0.2, 0.25) is 5.96 Å². The maximum absolute atomic E-state index is 5.09. The van der Waals surface area contributed by atoms with Gasteiger partial charge >= 0.3 is 0 Å². The van der Waals surface area contributed by atoms with E-state index < -0.39 is 0 Å². The third-order valence-electron chi connectivity index (χ3n) is 6.66. The molecule has 0 spiro atoms. The fourth-order valence-corrected chi connectivity index (χ4v) is 5.18. The summed E-state index contributed by atoms with van der Waals surface area (Å²) in [6.45, 7) is 0.785. The van der Waals surface area contributed by atoms with Crippen LogP contribution in [0.25, 0.3) is 38.2 Å². The molecule has 3 heterocycles. The van der Waals surface area contributed by atoms with Gasteiger partial charge in [-0.3, -0.25) is 4.57 Å². The molecule has 0 saturated heterocycles. The van der Waals surface area contributed by atoms with Gasteiger partial charge in [-0.15, -0.1) is 0 Å². The Morgan fingerprint density at radius 2 is 1.33 bits per heavy atom. The van der Waals surface area contributed by atoms with Crippen molar-refractivity contribution >= 4 is 44.1 Å². The minimum absolute atomic E-state index is 0.785. The molecule has 1 aromatic heterocycles. The van der Waals surface area contributed by atoms with Gasteiger partial charge < -0.3 is 4.90 Å². The molecule has 0 N–H and O–H groups in total. The zero-order chi connectivity index (χ0) is 21.8. The summed E-state index contributed by atoms with van der Waals surface area (Å²) in [6.07, 6.45) is 8.60. The van der Waals surface area contributed by atoms with Crippen molar-refractivity contribution in [2.45, 2.75) is 0 Å². The predicted octanol–water partition coefficient (Wildman–Crippen LogP) is 6.96. The summed E-state index contributed by atoms with van der Waals surface area (Å²) >= 11 is 0. The molecule has 0 amide bonds. The van der Waals surface area contributed by atoms with Crippen molar-refractivity contribution in [1.82, 2.24) is 9.47 Å². The normalized spacial score (nSPS) is 15.5. The van der Waals surface area contributed by atoms with Crippen LogP contribution in [0.1, 0.15) is 5.56 Å². The third-order valence-corrected chi connectivity index (χ3v) is 6.66. The lowest BCUT2D eigenvalue weighted by molar-refractivity contribution is 0.562. The summed E-state index contributed by atoms with van der Waals surface area (Å²) in [6, 6.07) is 32.2. The van der Waals surface area contributed by atoms with E-state index in [4.69, 9.17) is 4.99 Å². The molecule has 0 unspecified atom stereocenters. The van der Waals surface area contributed by atoms with Crippen LogP contribution in [0.4, 0.5) is 0 Å². The van der Waals surface area contributed by atoms with Crippen molar-refractivity contribution < 1.29 is 0 Å². The molecule has 2 aliphatic rings. The average molecular weight is 424 g/mol. The minimum Gasteiger partial charge on any atom is -0.307 e. The number of benzene rings is 4. The molecule has 5 aromatic rings. The van der Waals surface area contributed by atoms with Gasteiger partial charge in [0.25, 0.3) is 0 Å². The number of aromatic nitrogens is 1. The largest absolute Gasteiger partial charge is 0.307 e. The number of aliphatic imine (C=N–C) groups is 1. The van der Waals surface area contributed by atoms with E-state index in [0.717, 1.165) is 18.1 Å². The van der Waals surface area contributed by atoms with Crippen molar-refractivity contribution in [3.8, 4) is 0 Å². The summed E-state index contributed by atoms with van der Waals surface area (Å²) in [5.41, 5.74) is 5.90. The van der Waals surface area contributed by atoms with Crippen LogP contribution in [0.2, 0.25) is 0 Å². The molecule has 2 aliphatic heterocycles. The first kappa shape index (κ1) is 18.2. The van der Waals surface area contributed by atoms with Crippen LogP contribution in [-0.2, 0) is 0 Å². The number of rotatable bonds is 1. The molecule has 7 rings (SSSR count). The Balaban J connectivity index is 1.51. The topological polar surface area (TPSA) is 20.5 Å². The summed E-state index contributed by atoms with van der Waals surface area (Å²) in [7, 11) is 0. The number of nitrogens with zero attached hydrogens (tertiary/aromatic N) is 3. The lowest BCUT2D eigenvalue weighted by Crippen LogP contribution is -2.38. The van der Waals surface area contributed by atoms with Gasteiger partial charge in [-0.2, -0.15) is 0 Å². The number of fused-ring (bicyclic) bond motifs is 5. The van der Waals surface area contributed by atoms with Crippen LogP contribution in [0.15, 0.2) is 126 Å². The van der Waals surface area contributed by atoms with Crippen LogP contribution >= 0.6 is 0 Å². The molecule has 156 valence electrons. The first-order chi connectivity index (χ1) is 16.4. The molecular weight excluding hydrogens is 402 g/mol. The van der Waals surface area contributed by atoms with Crippen LogP contribution in [0, 0.1) is 0 Å². The van der Waals surface area contributed by atoms with Gasteiger partial charge in [-0.05, 0) is 34.5 Å². The van der Waals surface area contributed by atoms with Gasteiger partial charge in [0.05, 0.1) is 16.7 Å². The SMILES string of the molecule is C1=CCN2C(=C1)C(c1cccc3ccccc13)=CN=C2n1c2ccccc2c2ccccc21. The van der Waals surface area contributed by atoms with E-state index in [1.807, 2.05) is 6.20 Å². The van der Waals surface area contributed by atoms with E-state index in [1.54, 1.807) is 0 Å². The van der Waals surface area contributed by atoms with Crippen LogP contribution in [0.3, 0.4) is 0 Å². The van der Waals surface area contributed by atoms with E-state index in [-0.39, 0.29) is 0 Å². The highest BCUT2D eigenvalue weighted by Gasteiger charge is 2.28. The summed E-state index contributed by atoms with van der Waals surface area (Å²) in [5, 5.41) is 4.99. The lowest BCUT2D eigenvalue weighted by atomic mass is 9.94. The summed E-state index contributed by atoms with van der Waals surface area (Å²) in [4.78, 5) is 7.42. The second-order valence-electron chi connectivity index (χ2n) is 8.46. The fourth-order valence-electron chi connectivity index (χ4n) is 5.18. The summed E-state index contributed by atoms with van der Waals surface area (Å²) in [5.74, 6) is 0.937. The van der Waals surface area contributed by atoms with Crippen molar-refractivity contribution in [1.29, 1.82) is 0 Å². The third kappa shape index (κ3) is 2.66. The van der Waals surface area contributed by atoms with Crippen molar-refractivity contribution in [3.05, 3.63) is 127 Å². The van der Waals surface area contributed by atoms with E-state index in [9.17, 15) is 0 Å². The Bertz CT molecular complexity index is 1640. The quantitative estimate of drug-likeness (QED) is 0.285. The highest BCUT2D eigenvalue weighted by Crippen LogP contribution is 2.37. The Morgan fingerprint density at radius 1 is 0.667 bits per heavy atom. The maximum Gasteiger partial charge on any atom is 0.215 e. The Morgan fingerprint density at radius 3 is 2.12 bits per heavy atom. The highest BCUT2D eigenvalue weighted by atomic mass is 15.3. The first-order valence-corrected chi connectivity index (χ1v) is 11.3. The van der Waals surface area contributed by atoms with Crippen molar-refractivity contribution in [3.63, 3.8) is 0 Å². The summed E-state index contributed by atoms with van der Waals surface area (Å²) < 4.78 is 2.30.